The maximum absolute atomic E-state index is 12.3. The van der Waals surface area contributed by atoms with Crippen molar-refractivity contribution in [2.45, 2.75) is 18.9 Å². The number of benzene rings is 1. The molecule has 1 aromatic carbocycles. The fourth-order valence-electron chi connectivity index (χ4n) is 2.19. The lowest BCUT2D eigenvalue weighted by atomic mass is 10.2. The van der Waals surface area contributed by atoms with E-state index in [0.29, 0.717) is 16.8 Å². The third-order valence-corrected chi connectivity index (χ3v) is 3.73. The molecule has 0 unspecified atom stereocenters. The molecule has 0 aliphatic heterocycles. The van der Waals surface area contributed by atoms with Crippen LogP contribution in [0.5, 0.6) is 0 Å². The highest BCUT2D eigenvalue weighted by Crippen LogP contribution is 2.19. The molecule has 0 atom stereocenters. The number of pyridine rings is 1. The third-order valence-electron chi connectivity index (χ3n) is 3.73. The lowest BCUT2D eigenvalue weighted by molar-refractivity contribution is 0.0600. The largest absolute Gasteiger partial charge is 0.465 e. The van der Waals surface area contributed by atoms with Crippen LogP contribution >= 0.6 is 0 Å². The van der Waals surface area contributed by atoms with Crippen LogP contribution in [0.1, 0.15) is 44.0 Å². The Kier molecular flexibility index (Phi) is 4.74. The summed E-state index contributed by atoms with van der Waals surface area (Å²) in [6.07, 6.45) is 3.41. The Morgan fingerprint density at radius 2 is 1.76 bits per heavy atom. The van der Waals surface area contributed by atoms with Crippen LogP contribution < -0.4 is 10.6 Å². The molecule has 2 N–H and O–H groups in total. The maximum atomic E-state index is 12.3. The summed E-state index contributed by atoms with van der Waals surface area (Å²) in [5.74, 6) is -1.10. The van der Waals surface area contributed by atoms with E-state index >= 15 is 0 Å². The number of carbonyl (C=O) groups is 3. The molecule has 1 saturated carbocycles. The highest BCUT2D eigenvalue weighted by Gasteiger charge is 2.24. The van der Waals surface area contributed by atoms with Crippen molar-refractivity contribution >= 4 is 23.5 Å². The van der Waals surface area contributed by atoms with E-state index in [2.05, 4.69) is 20.4 Å². The Morgan fingerprint density at radius 1 is 1.04 bits per heavy atom. The van der Waals surface area contributed by atoms with E-state index < -0.39 is 11.9 Å². The number of methoxy groups -OCH3 is 1. The molecule has 1 fully saturated rings. The van der Waals surface area contributed by atoms with Crippen molar-refractivity contribution in [3.63, 3.8) is 0 Å². The van der Waals surface area contributed by atoms with Crippen LogP contribution in [0.2, 0.25) is 0 Å². The minimum Gasteiger partial charge on any atom is -0.465 e. The quantitative estimate of drug-likeness (QED) is 0.812. The van der Waals surface area contributed by atoms with Gasteiger partial charge in [-0.1, -0.05) is 0 Å². The van der Waals surface area contributed by atoms with E-state index in [9.17, 15) is 14.4 Å². The first-order valence-electron chi connectivity index (χ1n) is 7.83. The molecule has 0 saturated heterocycles. The molecule has 7 nitrogen and oxygen atoms in total. The van der Waals surface area contributed by atoms with Gasteiger partial charge in [0.2, 0.25) is 0 Å². The molecule has 2 aromatic rings. The molecule has 7 heteroatoms. The zero-order valence-corrected chi connectivity index (χ0v) is 13.6. The predicted octanol–water partition coefficient (Wildman–Crippen LogP) is 2.01. The van der Waals surface area contributed by atoms with E-state index in [4.69, 9.17) is 0 Å². The average molecular weight is 339 g/mol. The Labute approximate surface area is 144 Å². The lowest BCUT2D eigenvalue weighted by Crippen LogP contribution is -2.26. The van der Waals surface area contributed by atoms with Crippen LogP contribution in [-0.2, 0) is 4.74 Å². The monoisotopic (exact) mass is 339 g/mol. The number of anilines is 1. The first-order chi connectivity index (χ1) is 12.1. The maximum Gasteiger partial charge on any atom is 0.337 e. The van der Waals surface area contributed by atoms with Gasteiger partial charge in [0, 0.05) is 23.5 Å². The number of nitrogens with zero attached hydrogens (tertiary/aromatic N) is 1. The second kappa shape index (κ2) is 7.12. The smallest absolute Gasteiger partial charge is 0.337 e. The summed E-state index contributed by atoms with van der Waals surface area (Å²) in [6.45, 7) is 0. The standard InChI is InChI=1S/C18H17N3O4/c1-25-18(24)11-2-4-13(5-3-11)21-17(23)15-10-12(8-9-19-15)16(22)20-14-6-7-14/h2-5,8-10,14H,6-7H2,1H3,(H,20,22)(H,21,23). The molecule has 0 spiro atoms. The number of hydrogen-bond acceptors (Lipinski definition) is 5. The second-order valence-corrected chi connectivity index (χ2v) is 5.70. The lowest BCUT2D eigenvalue weighted by Gasteiger charge is -2.07. The number of nitrogens with one attached hydrogen (secondary N) is 2. The minimum absolute atomic E-state index is 0.139. The van der Waals surface area contributed by atoms with Gasteiger partial charge in [0.25, 0.3) is 11.8 Å². The summed E-state index contributed by atoms with van der Waals surface area (Å²) in [6, 6.07) is 9.55. The Hall–Kier alpha value is -3.22. The zero-order chi connectivity index (χ0) is 17.8. The van der Waals surface area contributed by atoms with Gasteiger partial charge >= 0.3 is 5.97 Å². The fourth-order valence-corrected chi connectivity index (χ4v) is 2.19. The van der Waals surface area contributed by atoms with Crippen molar-refractivity contribution in [3.05, 3.63) is 59.4 Å². The van der Waals surface area contributed by atoms with Crippen LogP contribution in [0, 0.1) is 0 Å². The van der Waals surface area contributed by atoms with E-state index in [-0.39, 0.29) is 17.6 Å². The number of amides is 2. The number of ether oxygens (including phenoxy) is 1. The molecule has 0 radical (unpaired) electrons. The van der Waals surface area contributed by atoms with Gasteiger partial charge in [0.1, 0.15) is 5.69 Å². The molecule has 25 heavy (non-hydrogen) atoms. The normalized spacial score (nSPS) is 13.0. The Morgan fingerprint density at radius 3 is 2.40 bits per heavy atom. The molecule has 1 aliphatic carbocycles. The van der Waals surface area contributed by atoms with Crippen LogP contribution in [0.15, 0.2) is 42.6 Å². The van der Waals surface area contributed by atoms with Crippen molar-refractivity contribution < 1.29 is 19.1 Å². The van der Waals surface area contributed by atoms with Gasteiger partial charge in [-0.3, -0.25) is 14.6 Å². The van der Waals surface area contributed by atoms with Gasteiger partial charge in [-0.2, -0.15) is 0 Å². The van der Waals surface area contributed by atoms with Crippen molar-refractivity contribution in [2.75, 3.05) is 12.4 Å². The number of esters is 1. The molecule has 3 rings (SSSR count). The van der Waals surface area contributed by atoms with Gasteiger partial charge in [-0.05, 0) is 49.2 Å². The first kappa shape index (κ1) is 16.6. The van der Waals surface area contributed by atoms with Gasteiger partial charge in [0.15, 0.2) is 0 Å². The summed E-state index contributed by atoms with van der Waals surface area (Å²) in [7, 11) is 1.30. The molecule has 128 valence electrons. The van der Waals surface area contributed by atoms with Crippen LogP contribution in [0.3, 0.4) is 0 Å². The highest BCUT2D eigenvalue weighted by atomic mass is 16.5. The molecular formula is C18H17N3O4. The van der Waals surface area contributed by atoms with Crippen LogP contribution in [0.25, 0.3) is 0 Å². The van der Waals surface area contributed by atoms with E-state index in [1.165, 1.54) is 19.4 Å². The SMILES string of the molecule is COC(=O)c1ccc(NC(=O)c2cc(C(=O)NC3CC3)ccn2)cc1. The molecule has 1 aromatic heterocycles. The van der Waals surface area contributed by atoms with Crippen molar-refractivity contribution in [1.29, 1.82) is 0 Å². The Balaban J connectivity index is 1.68. The number of carbonyl (C=O) groups excluding carboxylic acids is 3. The summed E-state index contributed by atoms with van der Waals surface area (Å²) < 4.78 is 4.62. The first-order valence-corrected chi connectivity index (χ1v) is 7.83. The van der Waals surface area contributed by atoms with Crippen molar-refractivity contribution in [1.82, 2.24) is 10.3 Å². The van der Waals surface area contributed by atoms with E-state index in [1.807, 2.05) is 0 Å². The summed E-state index contributed by atoms with van der Waals surface area (Å²) in [5, 5.41) is 5.54. The summed E-state index contributed by atoms with van der Waals surface area (Å²) in [4.78, 5) is 39.7. The zero-order valence-electron chi connectivity index (χ0n) is 13.6. The Bertz CT molecular complexity index is 813. The third kappa shape index (κ3) is 4.20. The summed E-state index contributed by atoms with van der Waals surface area (Å²) >= 11 is 0. The molecular weight excluding hydrogens is 322 g/mol. The van der Waals surface area contributed by atoms with Crippen molar-refractivity contribution in [3.8, 4) is 0 Å². The predicted molar refractivity (Wildman–Crippen MR) is 90.5 cm³/mol. The van der Waals surface area contributed by atoms with Gasteiger partial charge < -0.3 is 15.4 Å². The number of hydrogen-bond donors (Lipinski definition) is 2. The van der Waals surface area contributed by atoms with Crippen LogP contribution in [0.4, 0.5) is 5.69 Å². The fraction of sp³-hybridized carbons (Fsp3) is 0.222. The number of rotatable bonds is 5. The molecule has 1 aliphatic rings. The topological polar surface area (TPSA) is 97.4 Å². The van der Waals surface area contributed by atoms with Gasteiger partial charge in [-0.25, -0.2) is 4.79 Å². The van der Waals surface area contributed by atoms with E-state index in [0.717, 1.165) is 12.8 Å². The number of aromatic nitrogens is 1. The van der Waals surface area contributed by atoms with Crippen LogP contribution in [-0.4, -0.2) is 35.9 Å². The molecule has 2 amide bonds. The van der Waals surface area contributed by atoms with Gasteiger partial charge in [-0.15, -0.1) is 0 Å². The highest BCUT2D eigenvalue weighted by molar-refractivity contribution is 6.05. The average Bonchev–Trinajstić information content (AvgIpc) is 3.45. The second-order valence-electron chi connectivity index (χ2n) is 5.70. The minimum atomic E-state index is -0.450. The molecule has 1 heterocycles. The molecule has 0 bridgehead atoms. The van der Waals surface area contributed by atoms with Crippen molar-refractivity contribution in [2.24, 2.45) is 0 Å². The van der Waals surface area contributed by atoms with Gasteiger partial charge in [0.05, 0.1) is 12.7 Å². The summed E-state index contributed by atoms with van der Waals surface area (Å²) in [5.41, 5.74) is 1.43. The van der Waals surface area contributed by atoms with E-state index in [1.54, 1.807) is 30.3 Å².